The number of nitrogens with zero attached hydrogens (tertiary/aromatic N) is 2. The molecule has 2 rings (SSSR count). The van der Waals surface area contributed by atoms with Crippen molar-refractivity contribution in [1.29, 1.82) is 0 Å². The number of rotatable bonds is 0. The average molecular weight is 183 g/mol. The van der Waals surface area contributed by atoms with Gasteiger partial charge < -0.3 is 4.90 Å². The highest BCUT2D eigenvalue weighted by atomic mass is 16.2. The van der Waals surface area contributed by atoms with E-state index in [9.17, 15) is 4.79 Å². The van der Waals surface area contributed by atoms with Crippen LogP contribution in [0.4, 0.5) is 0 Å². The highest BCUT2D eigenvalue weighted by molar-refractivity contribution is 5.84. The molecule has 4 heteroatoms. The Balaban J connectivity index is 2.09. The van der Waals surface area contributed by atoms with Crippen LogP contribution in [0.3, 0.4) is 0 Å². The third-order valence-electron chi connectivity index (χ3n) is 3.49. The topological polar surface area (TPSA) is 49.6 Å². The van der Waals surface area contributed by atoms with Crippen molar-refractivity contribution in [3.63, 3.8) is 0 Å². The summed E-state index contributed by atoms with van der Waals surface area (Å²) in [4.78, 5) is 14.0. The molecule has 0 saturated carbocycles. The normalized spacial score (nSPS) is 28.8. The van der Waals surface area contributed by atoms with Crippen LogP contribution in [0.25, 0.3) is 0 Å². The zero-order valence-corrected chi connectivity index (χ0v) is 8.12. The lowest BCUT2D eigenvalue weighted by Gasteiger charge is -2.35. The van der Waals surface area contributed by atoms with Gasteiger partial charge in [0.1, 0.15) is 0 Å². The molecule has 13 heavy (non-hydrogen) atoms. The third kappa shape index (κ3) is 1.34. The Labute approximate surface area is 78.6 Å². The molecule has 0 aromatic rings. The predicted molar refractivity (Wildman–Crippen MR) is 49.7 cm³/mol. The number of hydrazine groups is 1. The van der Waals surface area contributed by atoms with Crippen molar-refractivity contribution < 1.29 is 4.79 Å². The van der Waals surface area contributed by atoms with Crippen LogP contribution in [-0.2, 0) is 4.79 Å². The molecular formula is C9H17N3O. The van der Waals surface area contributed by atoms with Crippen LogP contribution in [0.5, 0.6) is 0 Å². The number of piperidine rings is 1. The van der Waals surface area contributed by atoms with Crippen LogP contribution >= 0.6 is 0 Å². The van der Waals surface area contributed by atoms with Gasteiger partial charge in [-0.15, -0.1) is 0 Å². The second-order valence-electron chi connectivity index (χ2n) is 4.33. The molecule has 0 atom stereocenters. The summed E-state index contributed by atoms with van der Waals surface area (Å²) in [7, 11) is 2.10. The number of likely N-dealkylation sites (tertiary alicyclic amines) is 1. The lowest BCUT2D eigenvalue weighted by molar-refractivity contribution is -0.138. The fourth-order valence-electron chi connectivity index (χ4n) is 2.36. The van der Waals surface area contributed by atoms with Crippen LogP contribution < -0.4 is 5.84 Å². The summed E-state index contributed by atoms with van der Waals surface area (Å²) in [6.07, 6.45) is 2.92. The minimum Gasteiger partial charge on any atom is -0.306 e. The van der Waals surface area contributed by atoms with E-state index in [1.807, 2.05) is 0 Å². The lowest BCUT2D eigenvalue weighted by Crippen LogP contribution is -2.44. The van der Waals surface area contributed by atoms with Crippen LogP contribution in [0.15, 0.2) is 0 Å². The second-order valence-corrected chi connectivity index (χ2v) is 4.33. The van der Waals surface area contributed by atoms with E-state index < -0.39 is 0 Å². The molecule has 1 amide bonds. The number of carbonyl (C=O) groups is 1. The van der Waals surface area contributed by atoms with Crippen LogP contribution in [0, 0.1) is 5.41 Å². The van der Waals surface area contributed by atoms with Gasteiger partial charge in [-0.2, -0.15) is 0 Å². The van der Waals surface area contributed by atoms with E-state index >= 15 is 0 Å². The standard InChI is InChI=1S/C9H17N3O/c1-11-5-2-9(3-6-11)4-7-12(10)8(9)13/h2-7,10H2,1H3. The Kier molecular flexibility index (Phi) is 2.04. The smallest absolute Gasteiger partial charge is 0.242 e. The van der Waals surface area contributed by atoms with Crippen molar-refractivity contribution in [3.05, 3.63) is 0 Å². The van der Waals surface area contributed by atoms with Crippen molar-refractivity contribution in [3.8, 4) is 0 Å². The monoisotopic (exact) mass is 183 g/mol. The number of carbonyl (C=O) groups excluding carboxylic acids is 1. The maximum atomic E-state index is 11.8. The zero-order chi connectivity index (χ0) is 9.47. The van der Waals surface area contributed by atoms with E-state index in [1.165, 1.54) is 5.01 Å². The van der Waals surface area contributed by atoms with E-state index in [1.54, 1.807) is 0 Å². The minimum atomic E-state index is -0.0960. The van der Waals surface area contributed by atoms with Crippen LogP contribution in [0.1, 0.15) is 19.3 Å². The van der Waals surface area contributed by atoms with Crippen LogP contribution in [0.2, 0.25) is 0 Å². The fraction of sp³-hybridized carbons (Fsp3) is 0.889. The van der Waals surface area contributed by atoms with Crippen molar-refractivity contribution in [2.24, 2.45) is 11.3 Å². The third-order valence-corrected chi connectivity index (χ3v) is 3.49. The van der Waals surface area contributed by atoms with E-state index in [0.717, 1.165) is 38.9 Å². The number of amides is 1. The maximum Gasteiger partial charge on any atom is 0.242 e. The van der Waals surface area contributed by atoms with E-state index in [4.69, 9.17) is 5.84 Å². The lowest BCUT2D eigenvalue weighted by atomic mass is 9.77. The van der Waals surface area contributed by atoms with Crippen LogP contribution in [-0.4, -0.2) is 42.5 Å². The summed E-state index contributed by atoms with van der Waals surface area (Å²) in [5.74, 6) is 5.76. The molecule has 2 N–H and O–H groups in total. The largest absolute Gasteiger partial charge is 0.306 e. The van der Waals surface area contributed by atoms with Crippen molar-refractivity contribution in [2.75, 3.05) is 26.7 Å². The fourth-order valence-corrected chi connectivity index (χ4v) is 2.36. The summed E-state index contributed by atoms with van der Waals surface area (Å²) >= 11 is 0. The second kappa shape index (κ2) is 2.96. The molecule has 0 aromatic carbocycles. The van der Waals surface area contributed by atoms with Gasteiger partial charge in [-0.25, -0.2) is 5.84 Å². The van der Waals surface area contributed by atoms with E-state index in [2.05, 4.69) is 11.9 Å². The van der Waals surface area contributed by atoms with Gasteiger partial charge >= 0.3 is 0 Å². The average Bonchev–Trinajstić information content (AvgIpc) is 2.40. The molecule has 0 aromatic heterocycles. The molecule has 2 saturated heterocycles. The van der Waals surface area contributed by atoms with Crippen molar-refractivity contribution in [1.82, 2.24) is 9.91 Å². The predicted octanol–water partition coefficient (Wildman–Crippen LogP) is -0.196. The molecule has 2 aliphatic rings. The van der Waals surface area contributed by atoms with Gasteiger partial charge in [0, 0.05) is 6.54 Å². The number of hydrogen-bond acceptors (Lipinski definition) is 3. The van der Waals surface area contributed by atoms with Gasteiger partial charge in [0.05, 0.1) is 5.41 Å². The quantitative estimate of drug-likeness (QED) is 0.418. The van der Waals surface area contributed by atoms with Gasteiger partial charge in [-0.1, -0.05) is 0 Å². The maximum absolute atomic E-state index is 11.8. The molecule has 0 aliphatic carbocycles. The summed E-state index contributed by atoms with van der Waals surface area (Å²) in [6, 6.07) is 0. The zero-order valence-electron chi connectivity index (χ0n) is 8.12. The molecule has 74 valence electrons. The Morgan fingerprint density at radius 1 is 1.23 bits per heavy atom. The molecular weight excluding hydrogens is 166 g/mol. The van der Waals surface area contributed by atoms with E-state index in [0.29, 0.717) is 0 Å². The highest BCUT2D eigenvalue weighted by Gasteiger charge is 2.46. The molecule has 2 fully saturated rings. The van der Waals surface area contributed by atoms with Gasteiger partial charge in [0.15, 0.2) is 0 Å². The SMILES string of the molecule is CN1CCC2(CC1)CCN(N)C2=O. The number of nitrogens with two attached hydrogens (primary N) is 1. The van der Waals surface area contributed by atoms with Crippen molar-refractivity contribution >= 4 is 5.91 Å². The first-order valence-corrected chi connectivity index (χ1v) is 4.89. The first kappa shape index (κ1) is 8.97. The minimum absolute atomic E-state index is 0.0960. The van der Waals surface area contributed by atoms with Gasteiger partial charge in [0.25, 0.3) is 0 Å². The molecule has 0 radical (unpaired) electrons. The molecule has 1 spiro atoms. The summed E-state index contributed by atoms with van der Waals surface area (Å²) in [5, 5.41) is 1.39. The first-order valence-electron chi connectivity index (χ1n) is 4.89. The Morgan fingerprint density at radius 3 is 2.23 bits per heavy atom. The Hall–Kier alpha value is -0.610. The Morgan fingerprint density at radius 2 is 1.77 bits per heavy atom. The summed E-state index contributed by atoms with van der Waals surface area (Å²) in [6.45, 7) is 2.79. The summed E-state index contributed by atoms with van der Waals surface area (Å²) in [5.41, 5.74) is -0.0960. The van der Waals surface area contributed by atoms with Gasteiger partial charge in [0.2, 0.25) is 5.91 Å². The summed E-state index contributed by atoms with van der Waals surface area (Å²) < 4.78 is 0. The molecule has 4 nitrogen and oxygen atoms in total. The Bertz CT molecular complexity index is 221. The van der Waals surface area contributed by atoms with Gasteiger partial charge in [-0.3, -0.25) is 9.80 Å². The van der Waals surface area contributed by atoms with E-state index in [-0.39, 0.29) is 11.3 Å². The molecule has 0 bridgehead atoms. The highest BCUT2D eigenvalue weighted by Crippen LogP contribution is 2.39. The molecule has 2 aliphatic heterocycles. The molecule has 2 heterocycles. The molecule has 0 unspecified atom stereocenters. The number of hydrogen-bond donors (Lipinski definition) is 1. The van der Waals surface area contributed by atoms with Gasteiger partial charge in [-0.05, 0) is 39.4 Å². The first-order chi connectivity index (χ1) is 6.14. The van der Waals surface area contributed by atoms with Crippen molar-refractivity contribution in [2.45, 2.75) is 19.3 Å².